The minimum Gasteiger partial charge on any atom is -0.508 e. The fourth-order valence-electron chi connectivity index (χ4n) is 13.0. The van der Waals surface area contributed by atoms with E-state index in [1.165, 1.54) is 48.6 Å². The van der Waals surface area contributed by atoms with Crippen LogP contribution < -0.4 is 81.4 Å². The van der Waals surface area contributed by atoms with Crippen LogP contribution in [0.3, 0.4) is 0 Å². The summed E-state index contributed by atoms with van der Waals surface area (Å²) < 4.78 is 0. The summed E-state index contributed by atoms with van der Waals surface area (Å²) in [5, 5.41) is 50.5. The van der Waals surface area contributed by atoms with Gasteiger partial charge >= 0.3 is 5.97 Å². The Kier molecular flexibility index (Phi) is 38.4. The summed E-state index contributed by atoms with van der Waals surface area (Å²) in [4.78, 5) is 195. The van der Waals surface area contributed by atoms with Gasteiger partial charge in [0.1, 0.15) is 72.2 Å². The summed E-state index contributed by atoms with van der Waals surface area (Å²) in [6.07, 6.45) is 8.64. The lowest BCUT2D eigenvalue weighted by Crippen LogP contribution is -2.61. The molecule has 614 valence electrons. The van der Waals surface area contributed by atoms with Crippen molar-refractivity contribution in [2.45, 2.75) is 244 Å². The summed E-state index contributed by atoms with van der Waals surface area (Å²) in [5.74, 6) is -12.0. The number of nitrogens with zero attached hydrogens (tertiary/aromatic N) is 2. The summed E-state index contributed by atoms with van der Waals surface area (Å²) in [5.41, 5.74) is 26.6. The summed E-state index contributed by atoms with van der Waals surface area (Å²) in [6, 6.07) is -1.62. The number of para-hydroxylation sites is 1. The Morgan fingerprint density at radius 2 is 1.06 bits per heavy atom. The third-order valence-electron chi connectivity index (χ3n) is 20.0. The molecule has 34 heteroatoms. The molecule has 1 aliphatic rings. The maximum absolute atomic E-state index is 15.0. The molecule has 0 unspecified atom stereocenters. The van der Waals surface area contributed by atoms with Crippen LogP contribution in [0.2, 0.25) is 0 Å². The zero-order valence-electron chi connectivity index (χ0n) is 65.6. The Morgan fingerprint density at radius 1 is 0.550 bits per heavy atom. The van der Waals surface area contributed by atoms with Gasteiger partial charge < -0.3 is 107 Å². The van der Waals surface area contributed by atoms with Crippen LogP contribution in [-0.2, 0) is 81.6 Å². The molecule has 0 aliphatic carbocycles. The van der Waals surface area contributed by atoms with Crippen molar-refractivity contribution in [2.75, 3.05) is 32.7 Å². The maximum Gasteiger partial charge on any atom is 0.326 e. The number of likely N-dealkylation sites (tertiary alicyclic amines) is 1. The Hall–Kier alpha value is -10.1. The number of amides is 12. The topological polar surface area (TPSA) is 546 Å². The molecular weight excluding hydrogens is 1430 g/mol. The molecule has 5 rings (SSSR count). The Labute approximate surface area is 649 Å². The van der Waals surface area contributed by atoms with E-state index in [0.717, 1.165) is 16.5 Å². The van der Waals surface area contributed by atoms with Gasteiger partial charge in [0.15, 0.2) is 0 Å². The zero-order valence-corrected chi connectivity index (χ0v) is 65.6. The molecule has 1 aliphatic heterocycles. The van der Waals surface area contributed by atoms with Crippen LogP contribution in [0.1, 0.15) is 169 Å². The highest BCUT2D eigenvalue weighted by Gasteiger charge is 2.42. The lowest BCUT2D eigenvalue weighted by molar-refractivity contribution is -0.143. The number of H-pyrrole nitrogens is 2. The van der Waals surface area contributed by atoms with E-state index in [1.807, 2.05) is 38.1 Å². The quantitative estimate of drug-likeness (QED) is 0.0263. The second kappa shape index (κ2) is 46.6. The standard InChI is InChI=1S/C77H121N19O15/c1-10-45(7)64(75(108)92-60(38-50-40-82-42-85-50)71(104)86-47(9)66(99)84-41-62(98)93-65(77(110)111)46(8)11-2)95-70(103)57(25-16-19-33-80)89-72(105)59(36-48-27-29-51(97)30-28-48)91-74(107)61-26-20-34-96(61)76(109)63(44(5)6)94-73(106)58(35-43(3)4)90-69(102)56(24-15-18-32-79)88-68(101)55(23-14-17-31-78)87-67(100)53(81)37-49-39-83-54-22-13-12-21-52(49)54/h12-13,21-22,27-30,39-40,42-47,53,55-61,63-65,83,97H,10-11,14-20,23-26,31-38,41,78-81H2,1-9H3,(H,82,85)(H,84,99)(H,86,104)(H,87,100)(H,88,101)(H,89,105)(H,90,102)(H,91,107)(H,92,108)(H,93,98)(H,94,106)(H,95,103)(H,110,111)/t45-,46-,47-,53-,55-,56-,57-,58-,59-,60-,61-,63-,64-,65-/m0/s1. The van der Waals surface area contributed by atoms with E-state index in [4.69, 9.17) is 22.9 Å². The number of aromatic amines is 2. The van der Waals surface area contributed by atoms with Crippen molar-refractivity contribution in [3.05, 3.63) is 84.1 Å². The molecule has 23 N–H and O–H groups in total. The number of benzene rings is 2. The molecule has 2 aromatic heterocycles. The second-order valence-electron chi connectivity index (χ2n) is 29.7. The van der Waals surface area contributed by atoms with E-state index in [9.17, 15) is 67.7 Å². The van der Waals surface area contributed by atoms with E-state index < -0.39 is 174 Å². The fourth-order valence-corrected chi connectivity index (χ4v) is 13.0. The zero-order chi connectivity index (χ0) is 82.0. The predicted molar refractivity (Wildman–Crippen MR) is 416 cm³/mol. The molecule has 111 heavy (non-hydrogen) atoms. The SMILES string of the molecule is CC[C@H](C)[C@H](NC(=O)CNC(=O)[C@H](C)NC(=O)[C@H](Cc1cnc[nH]1)NC(=O)[C@@H](NC(=O)[C@H](CCCCN)NC(=O)[C@H](Cc1ccc(O)cc1)NC(=O)[C@@H]1CCCN1C(=O)[C@@H](NC(=O)[C@H](CC(C)C)NC(=O)[C@H](CCCCN)NC(=O)[C@H](CCCCN)NC(=O)[C@@H](N)Cc1c[nH]c2ccccc12)C(C)C)[C@@H](C)CC)C(=O)O. The van der Waals surface area contributed by atoms with E-state index in [-0.39, 0.29) is 76.1 Å². The van der Waals surface area contributed by atoms with Gasteiger partial charge in [-0.25, -0.2) is 9.78 Å². The molecule has 34 nitrogen and oxygen atoms in total. The third-order valence-corrected chi connectivity index (χ3v) is 20.0. The van der Waals surface area contributed by atoms with Crippen LogP contribution in [0.5, 0.6) is 5.75 Å². The van der Waals surface area contributed by atoms with Gasteiger partial charge in [0.2, 0.25) is 70.9 Å². The number of hydrogen-bond acceptors (Lipinski definition) is 19. The van der Waals surface area contributed by atoms with Crippen molar-refractivity contribution < 1.29 is 72.5 Å². The van der Waals surface area contributed by atoms with Crippen LogP contribution in [0, 0.1) is 23.7 Å². The number of carboxylic acids is 1. The van der Waals surface area contributed by atoms with Crippen LogP contribution >= 0.6 is 0 Å². The number of aromatic nitrogens is 3. The number of nitrogens with one attached hydrogen (secondary N) is 13. The number of carbonyl (C=O) groups excluding carboxylic acids is 12. The van der Waals surface area contributed by atoms with Crippen LogP contribution in [0.25, 0.3) is 10.9 Å². The molecule has 2 aromatic carbocycles. The van der Waals surface area contributed by atoms with Crippen molar-refractivity contribution in [3.8, 4) is 5.75 Å². The van der Waals surface area contributed by atoms with E-state index in [1.54, 1.807) is 47.7 Å². The minimum absolute atomic E-state index is 0.00338. The number of aromatic hydroxyl groups is 1. The van der Waals surface area contributed by atoms with Gasteiger partial charge in [-0.05, 0) is 163 Å². The van der Waals surface area contributed by atoms with E-state index >= 15 is 4.79 Å². The Morgan fingerprint density at radius 3 is 1.61 bits per heavy atom. The van der Waals surface area contributed by atoms with Crippen LogP contribution in [-0.4, -0.2) is 212 Å². The number of nitrogens with two attached hydrogens (primary N) is 4. The van der Waals surface area contributed by atoms with Gasteiger partial charge in [0.25, 0.3) is 0 Å². The number of rotatable bonds is 49. The number of fused-ring (bicyclic) bond motifs is 1. The lowest BCUT2D eigenvalue weighted by Gasteiger charge is -2.33. The normalized spacial score (nSPS) is 16.3. The fraction of sp³-hybridized carbons (Fsp3) is 0.610. The maximum atomic E-state index is 15.0. The Bertz CT molecular complexity index is 3700. The molecule has 14 atom stereocenters. The number of carbonyl (C=O) groups is 13. The average Bonchev–Trinajstić information content (AvgIpc) is 1.75. The van der Waals surface area contributed by atoms with Crippen molar-refractivity contribution in [1.29, 1.82) is 0 Å². The first-order valence-corrected chi connectivity index (χ1v) is 38.8. The third kappa shape index (κ3) is 29.3. The number of unbranched alkanes of at least 4 members (excludes halogenated alkanes) is 3. The first-order valence-electron chi connectivity index (χ1n) is 38.8. The van der Waals surface area contributed by atoms with Gasteiger partial charge in [-0.2, -0.15) is 0 Å². The van der Waals surface area contributed by atoms with Gasteiger partial charge in [-0.3, -0.25) is 57.5 Å². The monoisotopic (exact) mass is 1550 g/mol. The number of phenolic OH excluding ortho intramolecular Hbond substituents is 1. The molecule has 1 saturated heterocycles. The molecular formula is C77H121N19O15. The van der Waals surface area contributed by atoms with Gasteiger partial charge in [0, 0.05) is 48.4 Å². The number of phenols is 1. The Balaban J connectivity index is 1.33. The van der Waals surface area contributed by atoms with Crippen molar-refractivity contribution in [2.24, 2.45) is 46.6 Å². The molecule has 0 saturated carbocycles. The van der Waals surface area contributed by atoms with Crippen LogP contribution in [0.4, 0.5) is 0 Å². The largest absolute Gasteiger partial charge is 0.508 e. The van der Waals surface area contributed by atoms with Gasteiger partial charge in [-0.1, -0.05) is 98.6 Å². The highest BCUT2D eigenvalue weighted by Crippen LogP contribution is 2.24. The van der Waals surface area contributed by atoms with E-state index in [2.05, 4.69) is 73.4 Å². The first kappa shape index (κ1) is 91.6. The second-order valence-corrected chi connectivity index (χ2v) is 29.7. The highest BCUT2D eigenvalue weighted by molar-refractivity contribution is 6.00. The van der Waals surface area contributed by atoms with E-state index in [0.29, 0.717) is 82.1 Å². The van der Waals surface area contributed by atoms with Crippen LogP contribution in [0.15, 0.2) is 67.3 Å². The molecule has 4 aromatic rings. The summed E-state index contributed by atoms with van der Waals surface area (Å²) in [6.45, 7) is 15.6. The number of imidazole rings is 1. The summed E-state index contributed by atoms with van der Waals surface area (Å²) >= 11 is 0. The number of aliphatic carboxylic acids is 1. The van der Waals surface area contributed by atoms with Gasteiger partial charge in [-0.15, -0.1) is 0 Å². The van der Waals surface area contributed by atoms with Gasteiger partial charge in [0.05, 0.1) is 18.9 Å². The predicted octanol–water partition coefficient (Wildman–Crippen LogP) is 0.193. The molecule has 1 fully saturated rings. The van der Waals surface area contributed by atoms with Crippen molar-refractivity contribution in [3.63, 3.8) is 0 Å². The summed E-state index contributed by atoms with van der Waals surface area (Å²) in [7, 11) is 0. The molecule has 12 amide bonds. The average molecular weight is 1550 g/mol. The number of hydrogen-bond donors (Lipinski definition) is 19. The number of carboxylic acid groups (broad SMARTS) is 1. The minimum atomic E-state index is -1.44. The smallest absolute Gasteiger partial charge is 0.326 e. The van der Waals surface area contributed by atoms with Crippen molar-refractivity contribution >= 4 is 87.8 Å². The molecule has 0 spiro atoms. The highest BCUT2D eigenvalue weighted by atomic mass is 16.4. The lowest BCUT2D eigenvalue weighted by atomic mass is 9.96. The molecule has 3 heterocycles. The molecule has 0 bridgehead atoms. The first-order chi connectivity index (χ1) is 52.8. The van der Waals surface area contributed by atoms with Crippen molar-refractivity contribution in [1.82, 2.24) is 78.3 Å². The molecule has 0 radical (unpaired) electrons.